The van der Waals surface area contributed by atoms with Crippen LogP contribution in [0, 0.1) is 0 Å². The number of imide groups is 1. The van der Waals surface area contributed by atoms with E-state index < -0.39 is 6.04 Å². The van der Waals surface area contributed by atoms with Crippen LogP contribution < -0.4 is 9.64 Å². The van der Waals surface area contributed by atoms with Crippen LogP contribution in [0.1, 0.15) is 20.3 Å². The fourth-order valence-electron chi connectivity index (χ4n) is 3.46. The summed E-state index contributed by atoms with van der Waals surface area (Å²) in [5.41, 5.74) is 0.400. The van der Waals surface area contributed by atoms with Gasteiger partial charge in [0.25, 0.3) is 5.91 Å². The van der Waals surface area contributed by atoms with E-state index in [1.165, 1.54) is 12.0 Å². The Morgan fingerprint density at radius 3 is 2.50 bits per heavy atom. The smallest absolute Gasteiger partial charge is 0.251 e. The van der Waals surface area contributed by atoms with Crippen molar-refractivity contribution in [1.29, 1.82) is 0 Å². The second-order valence-electron chi connectivity index (χ2n) is 6.31. The number of carbonyl (C=O) groups is 2. The Hall–Kier alpha value is -1.63. The molecule has 1 aromatic carbocycles. The van der Waals surface area contributed by atoms with Crippen molar-refractivity contribution in [3.8, 4) is 5.75 Å². The van der Waals surface area contributed by atoms with Crippen molar-refractivity contribution in [2.45, 2.75) is 38.5 Å². The van der Waals surface area contributed by atoms with Gasteiger partial charge in [0, 0.05) is 18.1 Å². The topological polar surface area (TPSA) is 59.1 Å². The van der Waals surface area contributed by atoms with Gasteiger partial charge in [0.05, 0.1) is 37.5 Å². The number of ether oxygens (including phenoxy) is 2. The van der Waals surface area contributed by atoms with Crippen molar-refractivity contribution in [3.05, 3.63) is 23.2 Å². The Labute approximate surface area is 146 Å². The molecule has 0 N–H and O–H groups in total. The van der Waals surface area contributed by atoms with Crippen molar-refractivity contribution in [3.63, 3.8) is 0 Å². The molecular weight excluding hydrogens is 332 g/mol. The van der Waals surface area contributed by atoms with Gasteiger partial charge < -0.3 is 9.47 Å². The summed E-state index contributed by atoms with van der Waals surface area (Å²) in [6.45, 7) is 5.21. The molecule has 3 rings (SSSR count). The molecule has 0 radical (unpaired) electrons. The molecule has 2 aliphatic heterocycles. The molecule has 0 aliphatic carbocycles. The Morgan fingerprint density at radius 1 is 1.21 bits per heavy atom. The van der Waals surface area contributed by atoms with Gasteiger partial charge in [-0.1, -0.05) is 11.6 Å². The summed E-state index contributed by atoms with van der Waals surface area (Å²) in [6.07, 6.45) is 0.228. The molecule has 2 fully saturated rings. The van der Waals surface area contributed by atoms with Crippen LogP contribution in [0.25, 0.3) is 0 Å². The number of carbonyl (C=O) groups excluding carboxylic acids is 2. The third-order valence-corrected chi connectivity index (χ3v) is 4.63. The highest BCUT2D eigenvalue weighted by Crippen LogP contribution is 2.35. The molecule has 24 heavy (non-hydrogen) atoms. The van der Waals surface area contributed by atoms with Gasteiger partial charge in [-0.25, -0.2) is 4.90 Å². The first-order chi connectivity index (χ1) is 11.4. The maximum absolute atomic E-state index is 12.9. The predicted octanol–water partition coefficient (Wildman–Crippen LogP) is 2.09. The molecule has 7 heteroatoms. The zero-order valence-electron chi connectivity index (χ0n) is 14.0. The molecule has 0 spiro atoms. The summed E-state index contributed by atoms with van der Waals surface area (Å²) in [5.74, 6) is -0.0234. The molecule has 6 nitrogen and oxygen atoms in total. The van der Waals surface area contributed by atoms with E-state index in [0.29, 0.717) is 29.5 Å². The molecule has 1 aromatic rings. The zero-order chi connectivity index (χ0) is 17.4. The van der Waals surface area contributed by atoms with Gasteiger partial charge in [-0.2, -0.15) is 0 Å². The molecule has 0 aromatic heterocycles. The van der Waals surface area contributed by atoms with E-state index in [1.807, 2.05) is 18.7 Å². The summed E-state index contributed by atoms with van der Waals surface area (Å²) in [5, 5.41) is 0.448. The molecule has 2 amide bonds. The number of hydrogen-bond donors (Lipinski definition) is 0. The first-order valence-corrected chi connectivity index (χ1v) is 8.38. The van der Waals surface area contributed by atoms with Gasteiger partial charge in [0.1, 0.15) is 5.75 Å². The van der Waals surface area contributed by atoms with Crippen LogP contribution in [0.4, 0.5) is 5.69 Å². The van der Waals surface area contributed by atoms with Crippen LogP contribution in [0.3, 0.4) is 0 Å². The number of benzene rings is 1. The maximum Gasteiger partial charge on any atom is 0.251 e. The van der Waals surface area contributed by atoms with E-state index in [0.717, 1.165) is 0 Å². The van der Waals surface area contributed by atoms with Crippen LogP contribution in [-0.2, 0) is 14.3 Å². The Bertz CT molecular complexity index is 656. The third-order valence-electron chi connectivity index (χ3n) is 4.39. The van der Waals surface area contributed by atoms with Crippen molar-refractivity contribution >= 4 is 29.1 Å². The third kappa shape index (κ3) is 3.14. The standard InChI is InChI=1S/C17H21ClN2O4/c1-10-8-19(9-11(2)24-10)14-7-16(21)20(17(14)22)13-6-12(18)4-5-15(13)23-3/h4-6,10-11,14H,7-9H2,1-3H3. The number of nitrogens with zero attached hydrogens (tertiary/aromatic N) is 2. The summed E-state index contributed by atoms with van der Waals surface area (Å²) in [6, 6.07) is 4.45. The number of hydrogen-bond acceptors (Lipinski definition) is 5. The number of rotatable bonds is 3. The lowest BCUT2D eigenvalue weighted by molar-refractivity contribution is -0.127. The zero-order valence-corrected chi connectivity index (χ0v) is 14.7. The molecule has 130 valence electrons. The van der Waals surface area contributed by atoms with Crippen molar-refractivity contribution in [1.82, 2.24) is 4.90 Å². The number of morpholine rings is 1. The van der Waals surface area contributed by atoms with E-state index in [-0.39, 0.29) is 30.4 Å². The minimum Gasteiger partial charge on any atom is -0.495 e. The normalized spacial score (nSPS) is 28.5. The van der Waals surface area contributed by atoms with Gasteiger partial charge in [-0.05, 0) is 32.0 Å². The van der Waals surface area contributed by atoms with Gasteiger partial charge in [0.15, 0.2) is 0 Å². The lowest BCUT2D eigenvalue weighted by atomic mass is 10.1. The highest BCUT2D eigenvalue weighted by atomic mass is 35.5. The Morgan fingerprint density at radius 2 is 1.88 bits per heavy atom. The number of anilines is 1. The lowest BCUT2D eigenvalue weighted by Gasteiger charge is -2.37. The lowest BCUT2D eigenvalue weighted by Crippen LogP contribution is -2.52. The first kappa shape index (κ1) is 17.2. The quantitative estimate of drug-likeness (QED) is 0.780. The Balaban J connectivity index is 1.88. The molecule has 0 saturated carbocycles. The van der Waals surface area contributed by atoms with E-state index >= 15 is 0 Å². The highest BCUT2D eigenvalue weighted by Gasteiger charge is 2.45. The maximum atomic E-state index is 12.9. The second-order valence-corrected chi connectivity index (χ2v) is 6.75. The molecule has 2 heterocycles. The number of halogens is 1. The average molecular weight is 353 g/mol. The van der Waals surface area contributed by atoms with Gasteiger partial charge in [0.2, 0.25) is 5.91 Å². The van der Waals surface area contributed by atoms with Crippen molar-refractivity contribution in [2.24, 2.45) is 0 Å². The van der Waals surface area contributed by atoms with E-state index in [9.17, 15) is 9.59 Å². The minimum absolute atomic E-state index is 0.0337. The summed E-state index contributed by atoms with van der Waals surface area (Å²) >= 11 is 6.04. The fraction of sp³-hybridized carbons (Fsp3) is 0.529. The average Bonchev–Trinajstić information content (AvgIpc) is 2.81. The summed E-state index contributed by atoms with van der Waals surface area (Å²) in [4.78, 5) is 28.7. The van der Waals surface area contributed by atoms with E-state index in [2.05, 4.69) is 0 Å². The van der Waals surface area contributed by atoms with Crippen LogP contribution in [0.15, 0.2) is 18.2 Å². The number of methoxy groups -OCH3 is 1. The monoisotopic (exact) mass is 352 g/mol. The van der Waals surface area contributed by atoms with Crippen LogP contribution in [-0.4, -0.2) is 55.2 Å². The first-order valence-electron chi connectivity index (χ1n) is 8.00. The fourth-order valence-corrected chi connectivity index (χ4v) is 3.63. The SMILES string of the molecule is COc1ccc(Cl)cc1N1C(=O)CC(N2CC(C)OC(C)C2)C1=O. The van der Waals surface area contributed by atoms with Crippen LogP contribution >= 0.6 is 11.6 Å². The van der Waals surface area contributed by atoms with Crippen molar-refractivity contribution < 1.29 is 19.1 Å². The molecule has 3 unspecified atom stereocenters. The largest absolute Gasteiger partial charge is 0.495 e. The van der Waals surface area contributed by atoms with Crippen molar-refractivity contribution in [2.75, 3.05) is 25.1 Å². The second kappa shape index (κ2) is 6.70. The minimum atomic E-state index is -0.463. The number of amides is 2. The van der Waals surface area contributed by atoms with E-state index in [4.69, 9.17) is 21.1 Å². The van der Waals surface area contributed by atoms with Gasteiger partial charge >= 0.3 is 0 Å². The molecule has 0 bridgehead atoms. The van der Waals surface area contributed by atoms with E-state index in [1.54, 1.807) is 18.2 Å². The highest BCUT2D eigenvalue weighted by molar-refractivity contribution is 6.31. The van der Waals surface area contributed by atoms with Gasteiger partial charge in [-0.15, -0.1) is 0 Å². The Kier molecular flexibility index (Phi) is 4.80. The van der Waals surface area contributed by atoms with Crippen LogP contribution in [0.2, 0.25) is 5.02 Å². The summed E-state index contributed by atoms with van der Waals surface area (Å²) < 4.78 is 11.0. The molecule has 2 saturated heterocycles. The summed E-state index contributed by atoms with van der Waals surface area (Å²) in [7, 11) is 1.50. The van der Waals surface area contributed by atoms with Gasteiger partial charge in [-0.3, -0.25) is 14.5 Å². The molecule has 2 aliphatic rings. The molecular formula is C17H21ClN2O4. The van der Waals surface area contributed by atoms with Crippen LogP contribution in [0.5, 0.6) is 5.75 Å². The predicted molar refractivity (Wildman–Crippen MR) is 90.5 cm³/mol. The molecule has 3 atom stereocenters.